The summed E-state index contributed by atoms with van der Waals surface area (Å²) in [4.78, 5) is 11.8. The minimum Gasteiger partial charge on any atom is -0.324 e. The molecule has 0 saturated heterocycles. The van der Waals surface area contributed by atoms with E-state index in [2.05, 4.69) is 5.32 Å². The topological polar surface area (TPSA) is 29.1 Å². The maximum Gasteiger partial charge on any atom is 0.224 e. The third kappa shape index (κ3) is 3.56. The molecule has 1 aliphatic carbocycles. The standard InChI is InChI=1S/C15H20FNO/c1-11-6-8-13(16)14(10-11)17-15(18)9-7-12-4-2-3-5-12/h6,8,10,12H,2-5,7,9H2,1H3,(H,17,18). The highest BCUT2D eigenvalue weighted by Crippen LogP contribution is 2.28. The number of amides is 1. The summed E-state index contributed by atoms with van der Waals surface area (Å²) in [7, 11) is 0. The fraction of sp³-hybridized carbons (Fsp3) is 0.533. The number of rotatable bonds is 4. The first-order valence-corrected chi connectivity index (χ1v) is 6.71. The molecule has 3 heteroatoms. The maximum atomic E-state index is 13.5. The van der Waals surface area contributed by atoms with Gasteiger partial charge in [-0.05, 0) is 37.0 Å². The van der Waals surface area contributed by atoms with Crippen LogP contribution in [-0.2, 0) is 4.79 Å². The first kappa shape index (κ1) is 13.1. The zero-order valence-corrected chi connectivity index (χ0v) is 10.8. The van der Waals surface area contributed by atoms with E-state index in [1.54, 1.807) is 12.1 Å². The molecular formula is C15H20FNO. The van der Waals surface area contributed by atoms with Crippen LogP contribution < -0.4 is 5.32 Å². The second kappa shape index (κ2) is 5.98. The van der Waals surface area contributed by atoms with Crippen LogP contribution >= 0.6 is 0 Å². The lowest BCUT2D eigenvalue weighted by molar-refractivity contribution is -0.116. The molecule has 0 unspecified atom stereocenters. The van der Waals surface area contributed by atoms with Gasteiger partial charge < -0.3 is 5.32 Å². The molecule has 1 fully saturated rings. The van der Waals surface area contributed by atoms with Crippen LogP contribution in [0, 0.1) is 18.7 Å². The van der Waals surface area contributed by atoms with Crippen LogP contribution in [0.15, 0.2) is 18.2 Å². The highest BCUT2D eigenvalue weighted by atomic mass is 19.1. The van der Waals surface area contributed by atoms with E-state index in [1.165, 1.54) is 31.7 Å². The van der Waals surface area contributed by atoms with Crippen LogP contribution in [0.1, 0.15) is 44.1 Å². The van der Waals surface area contributed by atoms with E-state index in [0.29, 0.717) is 18.0 Å². The first-order chi connectivity index (χ1) is 8.65. The molecule has 0 spiro atoms. The minimum atomic E-state index is -0.366. The molecule has 1 amide bonds. The molecule has 18 heavy (non-hydrogen) atoms. The maximum absolute atomic E-state index is 13.5. The van der Waals surface area contributed by atoms with E-state index in [4.69, 9.17) is 0 Å². The quantitative estimate of drug-likeness (QED) is 0.857. The molecule has 98 valence electrons. The Morgan fingerprint density at radius 2 is 2.11 bits per heavy atom. The van der Waals surface area contributed by atoms with Gasteiger partial charge in [0.2, 0.25) is 5.91 Å². The Morgan fingerprint density at radius 1 is 1.39 bits per heavy atom. The Morgan fingerprint density at radius 3 is 2.83 bits per heavy atom. The number of carbonyl (C=O) groups excluding carboxylic acids is 1. The van der Waals surface area contributed by atoms with E-state index >= 15 is 0 Å². The normalized spacial score (nSPS) is 15.9. The lowest BCUT2D eigenvalue weighted by Gasteiger charge is -2.10. The zero-order valence-electron chi connectivity index (χ0n) is 10.8. The molecule has 1 saturated carbocycles. The summed E-state index contributed by atoms with van der Waals surface area (Å²) in [6.07, 6.45) is 6.49. The van der Waals surface area contributed by atoms with Crippen LogP contribution in [-0.4, -0.2) is 5.91 Å². The van der Waals surface area contributed by atoms with Gasteiger partial charge in [-0.1, -0.05) is 31.7 Å². The van der Waals surface area contributed by atoms with Crippen LogP contribution in [0.3, 0.4) is 0 Å². The molecule has 1 aliphatic rings. The number of hydrogen-bond acceptors (Lipinski definition) is 1. The number of anilines is 1. The summed E-state index contributed by atoms with van der Waals surface area (Å²) < 4.78 is 13.5. The Balaban J connectivity index is 1.84. The predicted octanol–water partition coefficient (Wildman–Crippen LogP) is 4.04. The molecule has 1 N–H and O–H groups in total. The Kier molecular flexibility index (Phi) is 4.34. The minimum absolute atomic E-state index is 0.0774. The molecule has 1 aromatic rings. The van der Waals surface area contributed by atoms with E-state index in [1.807, 2.05) is 6.92 Å². The van der Waals surface area contributed by atoms with Crippen molar-refractivity contribution < 1.29 is 9.18 Å². The molecule has 0 bridgehead atoms. The average Bonchev–Trinajstić information content (AvgIpc) is 2.84. The van der Waals surface area contributed by atoms with Gasteiger partial charge >= 0.3 is 0 Å². The lowest BCUT2D eigenvalue weighted by Crippen LogP contribution is -2.13. The smallest absolute Gasteiger partial charge is 0.224 e. The van der Waals surface area contributed by atoms with Crippen LogP contribution in [0.2, 0.25) is 0 Å². The third-order valence-corrected chi connectivity index (χ3v) is 3.65. The van der Waals surface area contributed by atoms with Gasteiger partial charge in [0.1, 0.15) is 5.82 Å². The monoisotopic (exact) mass is 249 g/mol. The van der Waals surface area contributed by atoms with Gasteiger partial charge in [-0.3, -0.25) is 4.79 Å². The van der Waals surface area contributed by atoms with Crippen molar-refractivity contribution >= 4 is 11.6 Å². The zero-order chi connectivity index (χ0) is 13.0. The second-order valence-corrected chi connectivity index (χ2v) is 5.22. The molecule has 2 rings (SSSR count). The van der Waals surface area contributed by atoms with Crippen LogP contribution in [0.4, 0.5) is 10.1 Å². The molecule has 0 aliphatic heterocycles. The molecule has 0 aromatic heterocycles. The Labute approximate surface area is 108 Å². The van der Waals surface area contributed by atoms with Gasteiger partial charge in [0, 0.05) is 6.42 Å². The van der Waals surface area contributed by atoms with Gasteiger partial charge in [-0.2, -0.15) is 0 Å². The molecule has 0 atom stereocenters. The number of benzene rings is 1. The highest BCUT2D eigenvalue weighted by molar-refractivity contribution is 5.90. The van der Waals surface area contributed by atoms with E-state index in [0.717, 1.165) is 12.0 Å². The Bertz CT molecular complexity index is 425. The van der Waals surface area contributed by atoms with Gasteiger partial charge in [-0.25, -0.2) is 4.39 Å². The SMILES string of the molecule is Cc1ccc(F)c(NC(=O)CCC2CCCC2)c1. The molecule has 0 heterocycles. The summed E-state index contributed by atoms with van der Waals surface area (Å²) in [6.45, 7) is 1.88. The van der Waals surface area contributed by atoms with E-state index in [9.17, 15) is 9.18 Å². The second-order valence-electron chi connectivity index (χ2n) is 5.22. The summed E-state index contributed by atoms with van der Waals surface area (Å²) >= 11 is 0. The van der Waals surface area contributed by atoms with Crippen molar-refractivity contribution in [3.8, 4) is 0 Å². The number of aryl methyl sites for hydroxylation is 1. The van der Waals surface area contributed by atoms with Crippen molar-refractivity contribution in [2.75, 3.05) is 5.32 Å². The predicted molar refractivity (Wildman–Crippen MR) is 71.0 cm³/mol. The lowest BCUT2D eigenvalue weighted by atomic mass is 10.0. The van der Waals surface area contributed by atoms with Gasteiger partial charge in [0.25, 0.3) is 0 Å². The highest BCUT2D eigenvalue weighted by Gasteiger charge is 2.16. The fourth-order valence-corrected chi connectivity index (χ4v) is 2.58. The molecular weight excluding hydrogens is 229 g/mol. The van der Waals surface area contributed by atoms with Crippen molar-refractivity contribution in [3.05, 3.63) is 29.6 Å². The number of hydrogen-bond donors (Lipinski definition) is 1. The largest absolute Gasteiger partial charge is 0.324 e. The molecule has 1 aromatic carbocycles. The summed E-state index contributed by atoms with van der Waals surface area (Å²) in [5.74, 6) is 0.249. The molecule has 2 nitrogen and oxygen atoms in total. The van der Waals surface area contributed by atoms with Crippen LogP contribution in [0.5, 0.6) is 0 Å². The summed E-state index contributed by atoms with van der Waals surface area (Å²) in [5.41, 5.74) is 1.24. The van der Waals surface area contributed by atoms with Crippen molar-refractivity contribution in [1.29, 1.82) is 0 Å². The van der Waals surface area contributed by atoms with E-state index in [-0.39, 0.29) is 11.7 Å². The van der Waals surface area contributed by atoms with E-state index < -0.39 is 0 Å². The van der Waals surface area contributed by atoms with Gasteiger partial charge in [0.05, 0.1) is 5.69 Å². The third-order valence-electron chi connectivity index (χ3n) is 3.65. The Hall–Kier alpha value is -1.38. The summed E-state index contributed by atoms with van der Waals surface area (Å²) in [5, 5.41) is 2.66. The van der Waals surface area contributed by atoms with Crippen molar-refractivity contribution in [2.45, 2.75) is 45.4 Å². The summed E-state index contributed by atoms with van der Waals surface area (Å²) in [6, 6.07) is 4.76. The van der Waals surface area contributed by atoms with Gasteiger partial charge in [0.15, 0.2) is 0 Å². The van der Waals surface area contributed by atoms with Crippen LogP contribution in [0.25, 0.3) is 0 Å². The number of nitrogens with one attached hydrogen (secondary N) is 1. The first-order valence-electron chi connectivity index (χ1n) is 6.71. The van der Waals surface area contributed by atoms with Crippen molar-refractivity contribution in [3.63, 3.8) is 0 Å². The average molecular weight is 249 g/mol. The molecule has 0 radical (unpaired) electrons. The number of halogens is 1. The van der Waals surface area contributed by atoms with Crippen molar-refractivity contribution in [1.82, 2.24) is 0 Å². The fourth-order valence-electron chi connectivity index (χ4n) is 2.58. The number of carbonyl (C=O) groups is 1. The van der Waals surface area contributed by atoms with Crippen molar-refractivity contribution in [2.24, 2.45) is 5.92 Å². The van der Waals surface area contributed by atoms with Gasteiger partial charge in [-0.15, -0.1) is 0 Å².